The Morgan fingerprint density at radius 3 is 0.500 bits per heavy atom. The van der Waals surface area contributed by atoms with Crippen molar-refractivity contribution in [1.29, 1.82) is 0 Å². The number of rotatable bonds is 3. The summed E-state index contributed by atoms with van der Waals surface area (Å²) in [5, 5.41) is 0. The predicted molar refractivity (Wildman–Crippen MR) is 142 cm³/mol. The molecular weight excluding hydrogens is 657 g/mol. The van der Waals surface area contributed by atoms with Crippen LogP contribution in [0.15, 0.2) is 146 Å². The van der Waals surface area contributed by atoms with E-state index in [0.29, 0.717) is 0 Å². The van der Waals surface area contributed by atoms with Gasteiger partial charge in [-0.3, -0.25) is 29.9 Å². The number of hydrogen-bond donors (Lipinski definition) is 0. The first-order valence-electron chi connectivity index (χ1n) is 11.4. The Hall–Kier alpha value is -3.78. The van der Waals surface area contributed by atoms with Crippen LogP contribution in [0.25, 0.3) is 34.2 Å². The normalized spacial score (nSPS) is 9.16. The van der Waals surface area contributed by atoms with Crippen LogP contribution in [0.4, 0.5) is 0 Å². The summed E-state index contributed by atoms with van der Waals surface area (Å²) < 4.78 is 0. The number of nitrogens with zero attached hydrogens (tertiary/aromatic N) is 6. The second kappa shape index (κ2) is 17.6. The van der Waals surface area contributed by atoms with Crippen molar-refractivity contribution >= 4 is 0 Å². The average molecular weight is 681 g/mol. The maximum atomic E-state index is 4.19. The quantitative estimate of drug-likeness (QED) is 0.201. The van der Waals surface area contributed by atoms with Gasteiger partial charge in [0.05, 0.1) is 34.2 Å². The minimum atomic E-state index is 0. The summed E-state index contributed by atoms with van der Waals surface area (Å²) in [7, 11) is 0. The zero-order valence-electron chi connectivity index (χ0n) is 20.2. The largest absolute Gasteiger partial charge is 0.255 e. The maximum Gasteiger partial charge on any atom is 0.0886 e. The first kappa shape index (κ1) is 30.4. The molecule has 0 unspecified atom stereocenters. The van der Waals surface area contributed by atoms with Gasteiger partial charge in [0.15, 0.2) is 0 Å². The van der Waals surface area contributed by atoms with Gasteiger partial charge in [-0.1, -0.05) is 36.4 Å². The monoisotopic (exact) mass is 680 g/mol. The fourth-order valence-corrected chi connectivity index (χ4v) is 3.09. The van der Waals surface area contributed by atoms with Crippen molar-refractivity contribution in [2.75, 3.05) is 0 Å². The third-order valence-electron chi connectivity index (χ3n) is 4.78. The second-order valence-corrected chi connectivity index (χ2v) is 7.29. The molecule has 0 aliphatic carbocycles. The Morgan fingerprint density at radius 1 is 0.237 bits per heavy atom. The summed E-state index contributed by atoms with van der Waals surface area (Å²) >= 11 is 0. The Kier molecular flexibility index (Phi) is 14.1. The summed E-state index contributed by atoms with van der Waals surface area (Å²) in [6, 6.07) is 34.8. The Labute approximate surface area is 250 Å². The summed E-state index contributed by atoms with van der Waals surface area (Å²) in [6.07, 6.45) is 10.6. The zero-order chi connectivity index (χ0) is 24.7. The van der Waals surface area contributed by atoms with Crippen LogP contribution >= 0.6 is 0 Å². The van der Waals surface area contributed by atoms with Gasteiger partial charge >= 0.3 is 0 Å². The van der Waals surface area contributed by atoms with Crippen molar-refractivity contribution in [3.05, 3.63) is 146 Å². The topological polar surface area (TPSA) is 77.3 Å². The minimum absolute atomic E-state index is 0. The zero-order valence-corrected chi connectivity index (χ0v) is 23.3. The van der Waals surface area contributed by atoms with Crippen molar-refractivity contribution in [2.45, 2.75) is 0 Å². The van der Waals surface area contributed by atoms with Gasteiger partial charge in [-0.2, -0.15) is 0 Å². The molecule has 6 heterocycles. The van der Waals surface area contributed by atoms with E-state index in [2.05, 4.69) is 29.9 Å². The molecule has 6 nitrogen and oxygen atoms in total. The number of hydrogen-bond acceptors (Lipinski definition) is 6. The Morgan fingerprint density at radius 2 is 0.395 bits per heavy atom. The molecule has 0 N–H and O–H groups in total. The SMILES string of the molecule is [Pd].[Pd].c1ccc(-c2ccccn2)nc1.c1ccc(-c2ccccn2)nc1.c1ccc(-c2ccccn2)nc1. The van der Waals surface area contributed by atoms with Crippen LogP contribution in [0.3, 0.4) is 0 Å². The molecule has 0 fully saturated rings. The molecule has 0 amide bonds. The van der Waals surface area contributed by atoms with Gasteiger partial charge < -0.3 is 0 Å². The van der Waals surface area contributed by atoms with Crippen molar-refractivity contribution in [3.8, 4) is 34.2 Å². The van der Waals surface area contributed by atoms with Crippen LogP contribution in [0.5, 0.6) is 0 Å². The van der Waals surface area contributed by atoms with Crippen LogP contribution in [0, 0.1) is 0 Å². The average Bonchev–Trinajstić information content (AvgIpc) is 3.01. The van der Waals surface area contributed by atoms with E-state index in [-0.39, 0.29) is 40.8 Å². The van der Waals surface area contributed by atoms with E-state index < -0.39 is 0 Å². The molecule has 194 valence electrons. The van der Waals surface area contributed by atoms with Crippen molar-refractivity contribution < 1.29 is 40.8 Å². The van der Waals surface area contributed by atoms with Crippen molar-refractivity contribution in [3.63, 3.8) is 0 Å². The third-order valence-corrected chi connectivity index (χ3v) is 4.78. The molecular formula is C30H24N6Pd2. The van der Waals surface area contributed by atoms with Gasteiger partial charge in [0.1, 0.15) is 0 Å². The molecule has 6 aromatic rings. The number of aromatic nitrogens is 6. The molecule has 0 aliphatic heterocycles. The molecule has 6 aromatic heterocycles. The summed E-state index contributed by atoms with van der Waals surface area (Å²) in [4.78, 5) is 25.1. The molecule has 0 aliphatic rings. The fourth-order valence-electron chi connectivity index (χ4n) is 3.09. The van der Waals surface area contributed by atoms with E-state index in [0.717, 1.165) is 34.2 Å². The molecule has 0 aromatic carbocycles. The van der Waals surface area contributed by atoms with E-state index in [1.807, 2.05) is 109 Å². The molecule has 0 saturated heterocycles. The Balaban J connectivity index is 0.000000195. The second-order valence-electron chi connectivity index (χ2n) is 7.29. The third kappa shape index (κ3) is 9.94. The molecule has 6 rings (SSSR count). The summed E-state index contributed by atoms with van der Waals surface area (Å²) in [5.74, 6) is 0. The van der Waals surface area contributed by atoms with Crippen LogP contribution in [-0.2, 0) is 40.8 Å². The Bertz CT molecular complexity index is 1110. The summed E-state index contributed by atoms with van der Waals surface area (Å²) in [5.41, 5.74) is 5.49. The molecule has 8 heteroatoms. The molecule has 0 saturated carbocycles. The molecule has 0 radical (unpaired) electrons. The molecule has 0 spiro atoms. The first-order valence-corrected chi connectivity index (χ1v) is 11.4. The van der Waals surface area contributed by atoms with Gasteiger partial charge in [0, 0.05) is 78.0 Å². The summed E-state index contributed by atoms with van der Waals surface area (Å²) in [6.45, 7) is 0. The number of pyridine rings is 6. The van der Waals surface area contributed by atoms with E-state index in [9.17, 15) is 0 Å². The fraction of sp³-hybridized carbons (Fsp3) is 0. The predicted octanol–water partition coefficient (Wildman–Crippen LogP) is 6.43. The van der Waals surface area contributed by atoms with E-state index in [4.69, 9.17) is 0 Å². The van der Waals surface area contributed by atoms with Gasteiger partial charge in [-0.25, -0.2) is 0 Å². The van der Waals surface area contributed by atoms with Crippen LogP contribution in [0.1, 0.15) is 0 Å². The standard InChI is InChI=1S/3C10H8N2.2Pd/c3*1-3-7-11-9(5-1)10-6-2-4-8-12-10;;/h3*1-8H;;. The van der Waals surface area contributed by atoms with Gasteiger partial charge in [0.2, 0.25) is 0 Å². The van der Waals surface area contributed by atoms with Crippen LogP contribution in [0.2, 0.25) is 0 Å². The molecule has 38 heavy (non-hydrogen) atoms. The maximum absolute atomic E-state index is 4.19. The van der Waals surface area contributed by atoms with Crippen LogP contribution < -0.4 is 0 Å². The van der Waals surface area contributed by atoms with E-state index >= 15 is 0 Å². The molecule has 0 atom stereocenters. The van der Waals surface area contributed by atoms with Gasteiger partial charge in [-0.15, -0.1) is 0 Å². The van der Waals surface area contributed by atoms with Crippen LogP contribution in [-0.4, -0.2) is 29.9 Å². The van der Waals surface area contributed by atoms with Crippen molar-refractivity contribution in [2.24, 2.45) is 0 Å². The van der Waals surface area contributed by atoms with Gasteiger partial charge in [-0.05, 0) is 72.8 Å². The van der Waals surface area contributed by atoms with Gasteiger partial charge in [0.25, 0.3) is 0 Å². The smallest absolute Gasteiger partial charge is 0.0886 e. The van der Waals surface area contributed by atoms with Crippen molar-refractivity contribution in [1.82, 2.24) is 29.9 Å². The molecule has 0 bridgehead atoms. The van der Waals surface area contributed by atoms with E-state index in [1.54, 1.807) is 37.2 Å². The minimum Gasteiger partial charge on any atom is -0.255 e. The van der Waals surface area contributed by atoms with E-state index in [1.165, 1.54) is 0 Å². The first-order chi connectivity index (χ1) is 17.9.